The molecule has 21 heavy (non-hydrogen) atoms. The average molecular weight is 322 g/mol. The van der Waals surface area contributed by atoms with Gasteiger partial charge in [-0.15, -0.1) is 21.5 Å². The van der Waals surface area contributed by atoms with Crippen LogP contribution in [0.3, 0.4) is 0 Å². The first-order chi connectivity index (χ1) is 10.3. The van der Waals surface area contributed by atoms with Crippen LogP contribution in [0.4, 0.5) is 0 Å². The molecule has 5 nitrogen and oxygen atoms in total. The lowest BCUT2D eigenvalue weighted by molar-refractivity contribution is 0.350. The van der Waals surface area contributed by atoms with E-state index in [2.05, 4.69) is 27.3 Å². The summed E-state index contributed by atoms with van der Waals surface area (Å²) in [6, 6.07) is 4.51. The second-order valence-corrected chi connectivity index (χ2v) is 6.46. The maximum atomic E-state index is 5.73. The van der Waals surface area contributed by atoms with Gasteiger partial charge in [-0.3, -0.25) is 0 Å². The highest BCUT2D eigenvalue weighted by atomic mass is 32.1. The Morgan fingerprint density at radius 1 is 1.52 bits per heavy atom. The van der Waals surface area contributed by atoms with Gasteiger partial charge in [-0.05, 0) is 42.9 Å². The van der Waals surface area contributed by atoms with E-state index in [0.29, 0.717) is 24.4 Å². The topological polar surface area (TPSA) is 54.2 Å². The highest BCUT2D eigenvalue weighted by Gasteiger charge is 2.24. The molecule has 0 radical (unpaired) electrons. The number of hydrogen-bond donors (Lipinski definition) is 1. The Labute approximate surface area is 133 Å². The molecule has 2 aromatic heterocycles. The van der Waals surface area contributed by atoms with Crippen molar-refractivity contribution in [1.82, 2.24) is 20.4 Å². The van der Waals surface area contributed by atoms with Crippen LogP contribution in [-0.2, 0) is 6.54 Å². The van der Waals surface area contributed by atoms with Crippen LogP contribution >= 0.6 is 23.6 Å². The highest BCUT2D eigenvalue weighted by molar-refractivity contribution is 7.80. The van der Waals surface area contributed by atoms with E-state index < -0.39 is 0 Å². The van der Waals surface area contributed by atoms with Gasteiger partial charge >= 0.3 is 0 Å². The number of thiophene rings is 1. The molecule has 0 aromatic carbocycles. The molecule has 0 amide bonds. The van der Waals surface area contributed by atoms with Gasteiger partial charge in [0.1, 0.15) is 0 Å². The van der Waals surface area contributed by atoms with E-state index in [4.69, 9.17) is 16.6 Å². The minimum Gasteiger partial charge on any atom is -0.418 e. The van der Waals surface area contributed by atoms with Crippen molar-refractivity contribution in [2.75, 3.05) is 6.54 Å². The standard InChI is InChI=1S/C14H18N4OS2/c1-2-7-18(14(20)15-10-5-6-10)9-12-16-17-13(19-12)11-4-3-8-21-11/h3-4,8,10H,2,5-7,9H2,1H3,(H,15,20). The Morgan fingerprint density at radius 2 is 2.38 bits per heavy atom. The minimum absolute atomic E-state index is 0.557. The number of rotatable bonds is 6. The average Bonchev–Trinajstić information content (AvgIpc) is 2.95. The maximum absolute atomic E-state index is 5.73. The molecule has 112 valence electrons. The van der Waals surface area contributed by atoms with Crippen LogP contribution in [0.5, 0.6) is 0 Å². The molecule has 1 aliphatic carbocycles. The highest BCUT2D eigenvalue weighted by Crippen LogP contribution is 2.23. The summed E-state index contributed by atoms with van der Waals surface area (Å²) >= 11 is 7.06. The van der Waals surface area contributed by atoms with Crippen molar-refractivity contribution in [3.05, 3.63) is 23.4 Å². The largest absolute Gasteiger partial charge is 0.418 e. The number of hydrogen-bond acceptors (Lipinski definition) is 5. The molecule has 2 aromatic rings. The quantitative estimate of drug-likeness (QED) is 0.825. The van der Waals surface area contributed by atoms with Gasteiger partial charge in [0.05, 0.1) is 11.4 Å². The van der Waals surface area contributed by atoms with Gasteiger partial charge in [0.15, 0.2) is 5.11 Å². The summed E-state index contributed by atoms with van der Waals surface area (Å²) in [4.78, 5) is 3.09. The fourth-order valence-corrected chi connectivity index (χ4v) is 2.96. The fraction of sp³-hybridized carbons (Fsp3) is 0.500. The molecule has 7 heteroatoms. The van der Waals surface area contributed by atoms with Gasteiger partial charge in [0.25, 0.3) is 5.89 Å². The normalized spacial score (nSPS) is 14.1. The monoisotopic (exact) mass is 322 g/mol. The molecule has 3 rings (SSSR count). The molecule has 0 unspecified atom stereocenters. The van der Waals surface area contributed by atoms with Crippen molar-refractivity contribution in [1.29, 1.82) is 0 Å². The Morgan fingerprint density at radius 3 is 3.05 bits per heavy atom. The van der Waals surface area contributed by atoms with Crippen LogP contribution in [0.25, 0.3) is 10.8 Å². The van der Waals surface area contributed by atoms with Gasteiger partial charge in [0.2, 0.25) is 5.89 Å². The molecule has 1 fully saturated rings. The minimum atomic E-state index is 0.557. The maximum Gasteiger partial charge on any atom is 0.257 e. The first-order valence-corrected chi connectivity index (χ1v) is 8.46. The molecular formula is C14H18N4OS2. The summed E-state index contributed by atoms with van der Waals surface area (Å²) in [6.45, 7) is 3.58. The van der Waals surface area contributed by atoms with Gasteiger partial charge in [-0.25, -0.2) is 0 Å². The first-order valence-electron chi connectivity index (χ1n) is 7.18. The van der Waals surface area contributed by atoms with Crippen molar-refractivity contribution in [3.8, 4) is 10.8 Å². The van der Waals surface area contributed by atoms with Crippen molar-refractivity contribution in [2.45, 2.75) is 38.8 Å². The predicted octanol–water partition coefficient (Wildman–Crippen LogP) is 3.05. The van der Waals surface area contributed by atoms with Crippen molar-refractivity contribution >= 4 is 28.7 Å². The summed E-state index contributed by atoms with van der Waals surface area (Å²) in [5, 5.41) is 14.4. The molecule has 0 spiro atoms. The van der Waals surface area contributed by atoms with Gasteiger partial charge in [0, 0.05) is 12.6 Å². The molecule has 0 bridgehead atoms. The molecule has 1 aliphatic rings. The SMILES string of the molecule is CCCN(Cc1nnc(-c2cccs2)o1)C(=S)NC1CC1. The second kappa shape index (κ2) is 6.53. The zero-order chi connectivity index (χ0) is 14.7. The summed E-state index contributed by atoms with van der Waals surface area (Å²) < 4.78 is 5.73. The third kappa shape index (κ3) is 3.79. The van der Waals surface area contributed by atoms with E-state index in [1.807, 2.05) is 17.5 Å². The summed E-state index contributed by atoms with van der Waals surface area (Å²) in [6.07, 6.45) is 3.45. The molecule has 0 atom stereocenters. The second-order valence-electron chi connectivity index (χ2n) is 5.12. The number of nitrogens with zero attached hydrogens (tertiary/aromatic N) is 3. The van der Waals surface area contributed by atoms with Crippen LogP contribution in [0.15, 0.2) is 21.9 Å². The Kier molecular flexibility index (Phi) is 4.50. The zero-order valence-electron chi connectivity index (χ0n) is 11.9. The Hall–Kier alpha value is -1.47. The van der Waals surface area contributed by atoms with Gasteiger partial charge in [-0.1, -0.05) is 13.0 Å². The van der Waals surface area contributed by atoms with E-state index in [9.17, 15) is 0 Å². The van der Waals surface area contributed by atoms with E-state index in [-0.39, 0.29) is 0 Å². The molecule has 2 heterocycles. The summed E-state index contributed by atoms with van der Waals surface area (Å²) in [5.74, 6) is 1.18. The van der Waals surface area contributed by atoms with E-state index >= 15 is 0 Å². The lowest BCUT2D eigenvalue weighted by atomic mass is 10.4. The molecule has 0 saturated heterocycles. The lowest BCUT2D eigenvalue weighted by Gasteiger charge is -2.23. The number of thiocarbonyl (C=S) groups is 1. The summed E-state index contributed by atoms with van der Waals surface area (Å²) in [7, 11) is 0. The third-order valence-corrected chi connectivity index (χ3v) is 4.44. The molecular weight excluding hydrogens is 304 g/mol. The smallest absolute Gasteiger partial charge is 0.257 e. The summed E-state index contributed by atoms with van der Waals surface area (Å²) in [5.41, 5.74) is 0. The fourth-order valence-electron chi connectivity index (χ4n) is 2.00. The Balaban J connectivity index is 1.65. The molecule has 0 aliphatic heterocycles. The number of aromatic nitrogens is 2. The van der Waals surface area contributed by atoms with E-state index in [1.165, 1.54) is 12.8 Å². The van der Waals surface area contributed by atoms with Crippen molar-refractivity contribution in [2.24, 2.45) is 0 Å². The van der Waals surface area contributed by atoms with Crippen LogP contribution in [0.1, 0.15) is 32.1 Å². The first kappa shape index (κ1) is 14.5. The van der Waals surface area contributed by atoms with Crippen LogP contribution in [0, 0.1) is 0 Å². The van der Waals surface area contributed by atoms with E-state index in [0.717, 1.165) is 23.0 Å². The van der Waals surface area contributed by atoms with Gasteiger partial charge in [-0.2, -0.15) is 0 Å². The Bertz CT molecular complexity index is 592. The van der Waals surface area contributed by atoms with E-state index in [1.54, 1.807) is 11.3 Å². The zero-order valence-corrected chi connectivity index (χ0v) is 13.5. The number of nitrogens with one attached hydrogen (secondary N) is 1. The van der Waals surface area contributed by atoms with Gasteiger partial charge < -0.3 is 14.6 Å². The van der Waals surface area contributed by atoms with Crippen LogP contribution in [0.2, 0.25) is 0 Å². The molecule has 1 N–H and O–H groups in total. The van der Waals surface area contributed by atoms with Crippen LogP contribution in [-0.4, -0.2) is 32.8 Å². The van der Waals surface area contributed by atoms with Crippen molar-refractivity contribution in [3.63, 3.8) is 0 Å². The van der Waals surface area contributed by atoms with Crippen molar-refractivity contribution < 1.29 is 4.42 Å². The predicted molar refractivity (Wildman–Crippen MR) is 87.1 cm³/mol. The molecule has 1 saturated carbocycles. The lowest BCUT2D eigenvalue weighted by Crippen LogP contribution is -2.40. The van der Waals surface area contributed by atoms with Crippen LogP contribution < -0.4 is 5.32 Å². The third-order valence-electron chi connectivity index (χ3n) is 3.21.